The predicted molar refractivity (Wildman–Crippen MR) is 116 cm³/mol. The molecule has 0 spiro atoms. The standard InChI is InChI=1S/C24H20F2N4O2/c1-32-18-9-6-15(7-10-18)20-12-21(22(25)26)30-23(29-20)19(13-27-30)24(31)28-17-8-5-14-3-2-4-16(14)11-17/h5-13,22H,2-4H2,1H3,(H,28,31). The van der Waals surface area contributed by atoms with Gasteiger partial charge < -0.3 is 10.1 Å². The molecule has 0 bridgehead atoms. The maximum atomic E-state index is 13.8. The number of nitrogens with one attached hydrogen (secondary N) is 1. The van der Waals surface area contributed by atoms with Gasteiger partial charge in [-0.3, -0.25) is 4.79 Å². The van der Waals surface area contributed by atoms with Gasteiger partial charge in [0.1, 0.15) is 17.0 Å². The Morgan fingerprint density at radius 1 is 1.09 bits per heavy atom. The second-order valence-corrected chi connectivity index (χ2v) is 7.68. The number of ether oxygens (including phenoxy) is 1. The Kier molecular flexibility index (Phi) is 5.05. The van der Waals surface area contributed by atoms with E-state index in [0.717, 1.165) is 23.8 Å². The van der Waals surface area contributed by atoms with Crippen molar-refractivity contribution in [2.75, 3.05) is 12.4 Å². The average Bonchev–Trinajstić information content (AvgIpc) is 3.45. The summed E-state index contributed by atoms with van der Waals surface area (Å²) in [5.41, 5.74) is 4.00. The number of fused-ring (bicyclic) bond motifs is 2. The highest BCUT2D eigenvalue weighted by Crippen LogP contribution is 2.29. The molecule has 0 saturated heterocycles. The first-order chi connectivity index (χ1) is 15.5. The second-order valence-electron chi connectivity index (χ2n) is 7.68. The van der Waals surface area contributed by atoms with Crippen LogP contribution < -0.4 is 10.1 Å². The lowest BCUT2D eigenvalue weighted by Gasteiger charge is -2.10. The molecule has 162 valence electrons. The SMILES string of the molecule is COc1ccc(-c2cc(C(F)F)n3ncc(C(=O)Nc4ccc5c(c4)CCC5)c3n2)cc1. The smallest absolute Gasteiger partial charge is 0.280 e. The van der Waals surface area contributed by atoms with E-state index in [1.807, 2.05) is 18.2 Å². The molecule has 2 aromatic carbocycles. The summed E-state index contributed by atoms with van der Waals surface area (Å²) in [4.78, 5) is 17.5. The highest BCUT2D eigenvalue weighted by Gasteiger charge is 2.22. The lowest BCUT2D eigenvalue weighted by atomic mass is 10.1. The van der Waals surface area contributed by atoms with Gasteiger partial charge >= 0.3 is 0 Å². The fourth-order valence-electron chi connectivity index (χ4n) is 4.06. The van der Waals surface area contributed by atoms with Crippen molar-refractivity contribution in [1.82, 2.24) is 14.6 Å². The minimum absolute atomic E-state index is 0.0762. The van der Waals surface area contributed by atoms with Crippen LogP contribution in [-0.4, -0.2) is 27.6 Å². The maximum Gasteiger partial charge on any atom is 0.280 e. The zero-order valence-electron chi connectivity index (χ0n) is 17.3. The van der Waals surface area contributed by atoms with Crippen LogP contribution in [0.5, 0.6) is 5.75 Å². The minimum atomic E-state index is -2.79. The highest BCUT2D eigenvalue weighted by atomic mass is 19.3. The van der Waals surface area contributed by atoms with E-state index in [1.54, 1.807) is 31.4 Å². The first-order valence-electron chi connectivity index (χ1n) is 10.3. The molecular weight excluding hydrogens is 414 g/mol. The van der Waals surface area contributed by atoms with Gasteiger partial charge in [0, 0.05) is 11.3 Å². The Labute approximate surface area is 182 Å². The number of aromatic nitrogens is 3. The van der Waals surface area contributed by atoms with Gasteiger partial charge in [-0.25, -0.2) is 18.3 Å². The van der Waals surface area contributed by atoms with Gasteiger partial charge in [-0.05, 0) is 72.9 Å². The number of alkyl halides is 2. The topological polar surface area (TPSA) is 68.5 Å². The minimum Gasteiger partial charge on any atom is -0.497 e. The largest absolute Gasteiger partial charge is 0.497 e. The lowest BCUT2D eigenvalue weighted by molar-refractivity contribution is 0.102. The van der Waals surface area contributed by atoms with Crippen LogP contribution in [0.4, 0.5) is 14.5 Å². The summed E-state index contributed by atoms with van der Waals surface area (Å²) in [6.07, 6.45) is 1.63. The van der Waals surface area contributed by atoms with E-state index in [2.05, 4.69) is 15.4 Å². The monoisotopic (exact) mass is 434 g/mol. The van der Waals surface area contributed by atoms with Crippen molar-refractivity contribution in [2.45, 2.75) is 25.7 Å². The fraction of sp³-hybridized carbons (Fsp3) is 0.208. The summed E-state index contributed by atoms with van der Waals surface area (Å²) in [7, 11) is 1.55. The number of carbonyl (C=O) groups is 1. The number of halogens is 2. The Balaban J connectivity index is 1.54. The number of aryl methyl sites for hydroxylation is 2. The average molecular weight is 434 g/mol. The van der Waals surface area contributed by atoms with Crippen LogP contribution in [0.25, 0.3) is 16.9 Å². The summed E-state index contributed by atoms with van der Waals surface area (Å²) in [5, 5.41) is 6.87. The fourth-order valence-corrected chi connectivity index (χ4v) is 4.06. The van der Waals surface area contributed by atoms with Crippen LogP contribution in [-0.2, 0) is 12.8 Å². The molecule has 0 fully saturated rings. The van der Waals surface area contributed by atoms with E-state index < -0.39 is 12.3 Å². The third-order valence-electron chi connectivity index (χ3n) is 5.71. The summed E-state index contributed by atoms with van der Waals surface area (Å²) in [5.74, 6) is 0.195. The van der Waals surface area contributed by atoms with E-state index in [-0.39, 0.29) is 16.9 Å². The first-order valence-corrected chi connectivity index (χ1v) is 10.3. The Hall–Kier alpha value is -3.81. The number of amides is 1. The van der Waals surface area contributed by atoms with Crippen LogP contribution in [0.2, 0.25) is 0 Å². The van der Waals surface area contributed by atoms with Crippen molar-refractivity contribution in [1.29, 1.82) is 0 Å². The molecule has 0 radical (unpaired) electrons. The van der Waals surface area contributed by atoms with Gasteiger partial charge in [-0.15, -0.1) is 0 Å². The van der Waals surface area contributed by atoms with E-state index in [9.17, 15) is 13.6 Å². The normalized spacial score (nSPS) is 12.9. The summed E-state index contributed by atoms with van der Waals surface area (Å²) >= 11 is 0. The van der Waals surface area contributed by atoms with Crippen molar-refractivity contribution in [3.05, 3.63) is 77.1 Å². The van der Waals surface area contributed by atoms with Crippen LogP contribution in [0.3, 0.4) is 0 Å². The second kappa shape index (κ2) is 8.03. The van der Waals surface area contributed by atoms with Crippen LogP contribution in [0.15, 0.2) is 54.7 Å². The number of carbonyl (C=O) groups excluding carboxylic acids is 1. The Bertz CT molecular complexity index is 1320. The van der Waals surface area contributed by atoms with Crippen molar-refractivity contribution >= 4 is 17.2 Å². The van der Waals surface area contributed by atoms with Crippen LogP contribution in [0.1, 0.15) is 40.0 Å². The first kappa shape index (κ1) is 20.1. The number of hydrogen-bond acceptors (Lipinski definition) is 4. The molecule has 0 atom stereocenters. The molecule has 0 saturated carbocycles. The molecular formula is C24H20F2N4O2. The molecule has 2 aromatic heterocycles. The molecule has 1 amide bonds. The van der Waals surface area contributed by atoms with E-state index in [0.29, 0.717) is 22.7 Å². The van der Waals surface area contributed by atoms with E-state index in [1.165, 1.54) is 23.4 Å². The molecule has 8 heteroatoms. The third kappa shape index (κ3) is 3.57. The lowest BCUT2D eigenvalue weighted by Crippen LogP contribution is -2.13. The summed E-state index contributed by atoms with van der Waals surface area (Å²) in [6.45, 7) is 0. The molecule has 32 heavy (non-hydrogen) atoms. The molecule has 4 aromatic rings. The van der Waals surface area contributed by atoms with Gasteiger partial charge in [-0.2, -0.15) is 5.10 Å². The Morgan fingerprint density at radius 2 is 1.88 bits per heavy atom. The number of methoxy groups -OCH3 is 1. The molecule has 1 aliphatic carbocycles. The van der Waals surface area contributed by atoms with Crippen molar-refractivity contribution in [3.8, 4) is 17.0 Å². The van der Waals surface area contributed by atoms with Crippen molar-refractivity contribution in [2.24, 2.45) is 0 Å². The highest BCUT2D eigenvalue weighted by molar-refractivity contribution is 6.08. The van der Waals surface area contributed by atoms with Gasteiger partial charge in [0.25, 0.3) is 12.3 Å². The number of anilines is 1. The molecule has 5 rings (SSSR count). The third-order valence-corrected chi connectivity index (χ3v) is 5.71. The number of nitrogens with zero attached hydrogens (tertiary/aromatic N) is 3. The molecule has 1 N–H and O–H groups in total. The van der Waals surface area contributed by atoms with Crippen LogP contribution >= 0.6 is 0 Å². The van der Waals surface area contributed by atoms with E-state index >= 15 is 0 Å². The Morgan fingerprint density at radius 3 is 2.62 bits per heavy atom. The molecule has 0 aliphatic heterocycles. The number of rotatable bonds is 5. The maximum absolute atomic E-state index is 13.8. The summed E-state index contributed by atoms with van der Waals surface area (Å²) in [6, 6.07) is 14.0. The predicted octanol–water partition coefficient (Wildman–Crippen LogP) is 5.08. The summed E-state index contributed by atoms with van der Waals surface area (Å²) < 4.78 is 33.7. The number of benzene rings is 2. The van der Waals surface area contributed by atoms with Crippen LogP contribution in [0, 0.1) is 0 Å². The van der Waals surface area contributed by atoms with E-state index in [4.69, 9.17) is 4.74 Å². The van der Waals surface area contributed by atoms with Gasteiger partial charge in [-0.1, -0.05) is 6.07 Å². The van der Waals surface area contributed by atoms with Crippen molar-refractivity contribution in [3.63, 3.8) is 0 Å². The molecule has 2 heterocycles. The quantitative estimate of drug-likeness (QED) is 0.475. The van der Waals surface area contributed by atoms with Gasteiger partial charge in [0.2, 0.25) is 0 Å². The zero-order valence-corrected chi connectivity index (χ0v) is 17.3. The van der Waals surface area contributed by atoms with Crippen molar-refractivity contribution < 1.29 is 18.3 Å². The number of hydrogen-bond donors (Lipinski definition) is 1. The molecule has 0 unspecified atom stereocenters. The zero-order chi connectivity index (χ0) is 22.2. The van der Waals surface area contributed by atoms with Gasteiger partial charge in [0.05, 0.1) is 19.0 Å². The van der Waals surface area contributed by atoms with Gasteiger partial charge in [0.15, 0.2) is 5.65 Å². The molecule has 1 aliphatic rings. The molecule has 6 nitrogen and oxygen atoms in total.